The summed E-state index contributed by atoms with van der Waals surface area (Å²) >= 11 is 11.3. The van der Waals surface area contributed by atoms with Gasteiger partial charge in [0, 0.05) is 29.5 Å². The molecular formula is C17H12N2S2. The Labute approximate surface area is 134 Å². The normalized spacial score (nSPS) is 19.6. The summed E-state index contributed by atoms with van der Waals surface area (Å²) in [6, 6.07) is 16.3. The van der Waals surface area contributed by atoms with Crippen LogP contribution in [0.3, 0.4) is 0 Å². The van der Waals surface area contributed by atoms with Crippen LogP contribution in [0, 0.1) is 0 Å². The first-order valence-corrected chi connectivity index (χ1v) is 7.52. The summed E-state index contributed by atoms with van der Waals surface area (Å²) in [5.74, 6) is 0. The number of anilines is 2. The number of fused-ring (bicyclic) bond motifs is 2. The highest BCUT2D eigenvalue weighted by molar-refractivity contribution is 7.82. The summed E-state index contributed by atoms with van der Waals surface area (Å²) < 4.78 is 0. The maximum absolute atomic E-state index is 5.67. The van der Waals surface area contributed by atoms with Gasteiger partial charge in [-0.2, -0.15) is 0 Å². The van der Waals surface area contributed by atoms with E-state index in [4.69, 9.17) is 24.4 Å². The molecule has 0 unspecified atom stereocenters. The molecule has 21 heavy (non-hydrogen) atoms. The first kappa shape index (κ1) is 12.7. The van der Waals surface area contributed by atoms with Gasteiger partial charge in [0.2, 0.25) is 0 Å². The Kier molecular flexibility index (Phi) is 2.71. The standard InChI is InChI=1S/C17H12N2S2/c1-19-13-9-5-3-7-11(13)17(21)15(19)14-16(20)10-6-2-4-8-12(10)18-14/h2-9,18H,1H3/b15-14+. The minimum absolute atomic E-state index is 0.836. The first-order chi connectivity index (χ1) is 10.2. The Bertz CT molecular complexity index is 836. The Balaban J connectivity index is 1.90. The number of benzene rings is 2. The van der Waals surface area contributed by atoms with E-state index in [2.05, 4.69) is 22.3 Å². The number of nitrogens with zero attached hydrogens (tertiary/aromatic N) is 1. The lowest BCUT2D eigenvalue weighted by Crippen LogP contribution is -2.20. The van der Waals surface area contributed by atoms with Crippen LogP contribution < -0.4 is 10.2 Å². The number of rotatable bonds is 0. The lowest BCUT2D eigenvalue weighted by Gasteiger charge is -2.17. The monoisotopic (exact) mass is 308 g/mol. The van der Waals surface area contributed by atoms with Crippen molar-refractivity contribution in [1.82, 2.24) is 0 Å². The summed E-state index contributed by atoms with van der Waals surface area (Å²) in [4.78, 5) is 3.81. The van der Waals surface area contributed by atoms with Crippen LogP contribution in [0.25, 0.3) is 0 Å². The van der Waals surface area contributed by atoms with Crippen molar-refractivity contribution in [3.05, 3.63) is 71.1 Å². The molecule has 0 fully saturated rings. The molecule has 102 valence electrons. The van der Waals surface area contributed by atoms with Crippen LogP contribution in [0.15, 0.2) is 59.9 Å². The van der Waals surface area contributed by atoms with Crippen molar-refractivity contribution in [3.8, 4) is 0 Å². The maximum Gasteiger partial charge on any atom is 0.0853 e. The van der Waals surface area contributed by atoms with Crippen molar-refractivity contribution in [2.45, 2.75) is 0 Å². The molecule has 4 heteroatoms. The quantitative estimate of drug-likeness (QED) is 0.586. The average Bonchev–Trinajstić information content (AvgIpc) is 2.96. The van der Waals surface area contributed by atoms with Crippen molar-refractivity contribution in [2.75, 3.05) is 17.3 Å². The molecule has 0 amide bonds. The second-order valence-electron chi connectivity index (χ2n) is 5.13. The number of likely N-dealkylation sites (N-methyl/N-ethyl adjacent to an activating group) is 1. The SMILES string of the molecule is CN1/C(=C2/Nc3ccccc3C2=S)C(=S)c2ccccc21. The van der Waals surface area contributed by atoms with Crippen LogP contribution in [0.5, 0.6) is 0 Å². The average molecular weight is 308 g/mol. The van der Waals surface area contributed by atoms with Gasteiger partial charge in [0.25, 0.3) is 0 Å². The number of hydrogen-bond donors (Lipinski definition) is 1. The van der Waals surface area contributed by atoms with Crippen LogP contribution in [0.4, 0.5) is 11.4 Å². The number of hydrogen-bond acceptors (Lipinski definition) is 4. The summed E-state index contributed by atoms with van der Waals surface area (Å²) in [6.07, 6.45) is 0. The molecule has 0 bridgehead atoms. The van der Waals surface area contributed by atoms with E-state index in [1.165, 1.54) is 0 Å². The summed E-state index contributed by atoms with van der Waals surface area (Å²) in [6.45, 7) is 0. The van der Waals surface area contributed by atoms with E-state index >= 15 is 0 Å². The molecule has 0 aromatic heterocycles. The maximum atomic E-state index is 5.67. The molecule has 0 saturated carbocycles. The van der Waals surface area contributed by atoms with Gasteiger partial charge in [0.1, 0.15) is 0 Å². The predicted octanol–water partition coefficient (Wildman–Crippen LogP) is 3.91. The van der Waals surface area contributed by atoms with E-state index < -0.39 is 0 Å². The third kappa shape index (κ3) is 1.69. The zero-order valence-electron chi connectivity index (χ0n) is 11.4. The molecule has 4 rings (SSSR count). The molecule has 0 atom stereocenters. The number of nitrogens with one attached hydrogen (secondary N) is 1. The van der Waals surface area contributed by atoms with E-state index in [0.717, 1.165) is 43.6 Å². The Hall–Kier alpha value is -2.04. The molecule has 2 aromatic carbocycles. The molecule has 2 aromatic rings. The third-order valence-corrected chi connectivity index (χ3v) is 4.79. The van der Waals surface area contributed by atoms with Crippen molar-refractivity contribution in [2.24, 2.45) is 0 Å². The molecule has 2 aliphatic heterocycles. The van der Waals surface area contributed by atoms with Crippen LogP contribution in [-0.4, -0.2) is 16.8 Å². The Morgan fingerprint density at radius 2 is 1.52 bits per heavy atom. The second-order valence-corrected chi connectivity index (χ2v) is 5.95. The van der Waals surface area contributed by atoms with Gasteiger partial charge in [0.05, 0.1) is 21.1 Å². The molecular weight excluding hydrogens is 296 g/mol. The van der Waals surface area contributed by atoms with Crippen molar-refractivity contribution in [1.29, 1.82) is 0 Å². The van der Waals surface area contributed by atoms with Gasteiger partial charge in [-0.05, 0) is 12.1 Å². The highest BCUT2D eigenvalue weighted by Gasteiger charge is 2.33. The third-order valence-electron chi connectivity index (χ3n) is 3.96. The smallest absolute Gasteiger partial charge is 0.0853 e. The molecule has 1 N–H and O–H groups in total. The van der Waals surface area contributed by atoms with Crippen LogP contribution in [0.2, 0.25) is 0 Å². The highest BCUT2D eigenvalue weighted by Crippen LogP contribution is 2.39. The Morgan fingerprint density at radius 1 is 0.857 bits per heavy atom. The molecule has 2 aliphatic rings. The summed E-state index contributed by atoms with van der Waals surface area (Å²) in [5.41, 5.74) is 6.28. The minimum atomic E-state index is 0.836. The fraction of sp³-hybridized carbons (Fsp3) is 0.0588. The van der Waals surface area contributed by atoms with E-state index in [1.807, 2.05) is 43.4 Å². The van der Waals surface area contributed by atoms with Crippen LogP contribution >= 0.6 is 24.4 Å². The zero-order valence-corrected chi connectivity index (χ0v) is 13.0. The van der Waals surface area contributed by atoms with Crippen LogP contribution in [0.1, 0.15) is 11.1 Å². The van der Waals surface area contributed by atoms with Gasteiger partial charge < -0.3 is 10.2 Å². The fourth-order valence-corrected chi connectivity index (χ4v) is 3.66. The highest BCUT2D eigenvalue weighted by atomic mass is 32.1. The van der Waals surface area contributed by atoms with E-state index in [1.54, 1.807) is 0 Å². The summed E-state index contributed by atoms with van der Waals surface area (Å²) in [5, 5.41) is 3.43. The zero-order chi connectivity index (χ0) is 14.6. The van der Waals surface area contributed by atoms with Crippen LogP contribution in [-0.2, 0) is 0 Å². The minimum Gasteiger partial charge on any atom is -0.352 e. The van der Waals surface area contributed by atoms with Gasteiger partial charge in [-0.15, -0.1) is 0 Å². The van der Waals surface area contributed by atoms with Gasteiger partial charge >= 0.3 is 0 Å². The largest absolute Gasteiger partial charge is 0.352 e. The number of allylic oxidation sites excluding steroid dienone is 2. The van der Waals surface area contributed by atoms with E-state index in [-0.39, 0.29) is 0 Å². The summed E-state index contributed by atoms with van der Waals surface area (Å²) in [7, 11) is 2.04. The van der Waals surface area contributed by atoms with E-state index in [0.29, 0.717) is 0 Å². The molecule has 0 aliphatic carbocycles. The molecule has 0 saturated heterocycles. The van der Waals surface area contributed by atoms with Gasteiger partial charge in [-0.3, -0.25) is 0 Å². The van der Waals surface area contributed by atoms with Crippen molar-refractivity contribution < 1.29 is 0 Å². The molecule has 0 radical (unpaired) electrons. The number of thiocarbonyl (C=S) groups is 2. The molecule has 2 nitrogen and oxygen atoms in total. The first-order valence-electron chi connectivity index (χ1n) is 6.71. The number of para-hydroxylation sites is 2. The molecule has 2 heterocycles. The molecule has 0 spiro atoms. The second kappa shape index (κ2) is 4.48. The lowest BCUT2D eigenvalue weighted by atomic mass is 10.1. The Morgan fingerprint density at radius 3 is 2.24 bits per heavy atom. The fourth-order valence-electron chi connectivity index (χ4n) is 2.92. The van der Waals surface area contributed by atoms with E-state index in [9.17, 15) is 0 Å². The predicted molar refractivity (Wildman–Crippen MR) is 95.3 cm³/mol. The van der Waals surface area contributed by atoms with Crippen molar-refractivity contribution >= 4 is 45.5 Å². The van der Waals surface area contributed by atoms with Gasteiger partial charge in [-0.25, -0.2) is 0 Å². The van der Waals surface area contributed by atoms with Gasteiger partial charge in [0.15, 0.2) is 0 Å². The lowest BCUT2D eigenvalue weighted by molar-refractivity contribution is 1.18. The topological polar surface area (TPSA) is 15.3 Å². The van der Waals surface area contributed by atoms with Gasteiger partial charge in [-0.1, -0.05) is 60.8 Å². The van der Waals surface area contributed by atoms with Crippen molar-refractivity contribution in [3.63, 3.8) is 0 Å².